The Labute approximate surface area is 175 Å². The normalized spacial score (nSPS) is 17.1. The van der Waals surface area contributed by atoms with Gasteiger partial charge in [-0.1, -0.05) is 3.89 Å². The number of hydrogen-bond donors (Lipinski definition) is 0. The lowest BCUT2D eigenvalue weighted by Crippen LogP contribution is -2.77. The van der Waals surface area contributed by atoms with Crippen molar-refractivity contribution in [2.45, 2.75) is 58.8 Å². The van der Waals surface area contributed by atoms with Gasteiger partial charge < -0.3 is 0 Å². The van der Waals surface area contributed by atoms with Gasteiger partial charge in [0.2, 0.25) is 0 Å². The smallest absolute Gasteiger partial charge is 0.192 e. The quantitative estimate of drug-likeness (QED) is 0.223. The maximum Gasteiger partial charge on any atom is 0.460 e. The van der Waals surface area contributed by atoms with Crippen LogP contribution in [0.4, 0.5) is 96.1 Å². The van der Waals surface area contributed by atoms with Crippen LogP contribution >= 0.6 is 0 Å². The molecule has 0 unspecified atom stereocenters. The zero-order valence-corrected chi connectivity index (χ0v) is 15.4. The Morgan fingerprint density at radius 2 is 0.486 bits per heavy atom. The topological polar surface area (TPSA) is 34.1 Å². The van der Waals surface area contributed by atoms with Crippen LogP contribution in [0, 0.1) is 0 Å². The van der Waals surface area contributed by atoms with Crippen molar-refractivity contribution in [1.82, 2.24) is 0 Å². The Morgan fingerprint density at radius 3 is 0.657 bits per heavy atom. The standard InChI is InChI=1S/C10F22O2S/c11-1(12,3(15,16)5(19,20)7(23,24)9(27,28)29)2(13,14)4(17,18)6(21,22)8(25,26)10(30,31)35(32,33)34. The minimum Gasteiger partial charge on any atom is -0.192 e. The van der Waals surface area contributed by atoms with Crippen LogP contribution < -0.4 is 0 Å². The van der Waals surface area contributed by atoms with E-state index in [0.29, 0.717) is 0 Å². The highest BCUT2D eigenvalue weighted by atomic mass is 32.3. The third-order valence-corrected chi connectivity index (χ3v) is 4.66. The van der Waals surface area contributed by atoms with E-state index in [0.717, 1.165) is 0 Å². The molecule has 0 N–H and O–H groups in total. The van der Waals surface area contributed by atoms with Gasteiger partial charge in [-0.3, -0.25) is 0 Å². The van der Waals surface area contributed by atoms with E-state index in [-0.39, 0.29) is 0 Å². The van der Waals surface area contributed by atoms with E-state index < -0.39 is 69.0 Å². The number of hydrogen-bond acceptors (Lipinski definition) is 2. The summed E-state index contributed by atoms with van der Waals surface area (Å²) in [5.41, 5.74) is 0. The SMILES string of the molecule is O=S(=O)(F)C(F)(F)C(F)(F)C(F)(F)C(F)(F)C(F)(F)C(F)(F)C(F)(F)C(F)(F)C(F)(F)C(F)(F)F. The molecule has 0 aromatic heterocycles. The van der Waals surface area contributed by atoms with Crippen molar-refractivity contribution in [1.29, 1.82) is 0 Å². The minimum absolute atomic E-state index is 8.09. The second-order valence-corrected chi connectivity index (χ2v) is 7.44. The maximum atomic E-state index is 13.3. The second kappa shape index (κ2) is 7.71. The fourth-order valence-electron chi connectivity index (χ4n) is 1.70. The molecular weight excluding hydrogens is 602 g/mol. The average Bonchev–Trinajstić information content (AvgIpc) is 2.58. The first kappa shape index (κ1) is 33.4. The molecule has 2 nitrogen and oxygen atoms in total. The first-order valence-electron chi connectivity index (χ1n) is 6.91. The molecule has 0 rings (SSSR count). The van der Waals surface area contributed by atoms with E-state index >= 15 is 0 Å². The zero-order valence-electron chi connectivity index (χ0n) is 14.5. The molecule has 0 aromatic rings. The first-order chi connectivity index (χ1) is 14.5. The Bertz CT molecular complexity index is 909. The van der Waals surface area contributed by atoms with Crippen LogP contribution in [-0.2, 0) is 10.2 Å². The molecule has 0 heterocycles. The van der Waals surface area contributed by atoms with Crippen molar-refractivity contribution in [3.05, 3.63) is 0 Å². The number of halogens is 22. The molecule has 35 heavy (non-hydrogen) atoms. The van der Waals surface area contributed by atoms with Crippen LogP contribution in [0.1, 0.15) is 0 Å². The predicted molar refractivity (Wildman–Crippen MR) is 60.6 cm³/mol. The van der Waals surface area contributed by atoms with Crippen molar-refractivity contribution in [2.75, 3.05) is 0 Å². The van der Waals surface area contributed by atoms with Crippen LogP contribution in [0.15, 0.2) is 0 Å². The molecule has 0 spiro atoms. The van der Waals surface area contributed by atoms with Crippen molar-refractivity contribution in [3.63, 3.8) is 0 Å². The molecule has 0 radical (unpaired) electrons. The predicted octanol–water partition coefficient (Wildman–Crippen LogP) is 6.52. The van der Waals surface area contributed by atoms with E-state index in [9.17, 15) is 105 Å². The molecule has 0 aliphatic carbocycles. The van der Waals surface area contributed by atoms with Crippen LogP contribution in [0.3, 0.4) is 0 Å². The van der Waals surface area contributed by atoms with Crippen LogP contribution in [-0.4, -0.2) is 67.2 Å². The fraction of sp³-hybridized carbons (Fsp3) is 1.00. The Hall–Kier alpha value is -1.59. The number of rotatable bonds is 9. The van der Waals surface area contributed by atoms with Gasteiger partial charge in [-0.2, -0.15) is 101 Å². The molecule has 0 saturated carbocycles. The Balaban J connectivity index is 7.21. The molecule has 0 aliphatic rings. The average molecular weight is 602 g/mol. The van der Waals surface area contributed by atoms with E-state index in [4.69, 9.17) is 0 Å². The first-order valence-corrected chi connectivity index (χ1v) is 8.29. The summed E-state index contributed by atoms with van der Waals surface area (Å²) in [4.78, 5) is 0. The summed E-state index contributed by atoms with van der Waals surface area (Å²) < 4.78 is 301. The lowest BCUT2D eigenvalue weighted by Gasteiger charge is -2.44. The second-order valence-electron chi connectivity index (χ2n) is 6.05. The van der Waals surface area contributed by atoms with Gasteiger partial charge in [0.05, 0.1) is 0 Å². The Kier molecular flexibility index (Phi) is 7.36. The largest absolute Gasteiger partial charge is 0.460 e. The summed E-state index contributed by atoms with van der Waals surface area (Å²) in [7, 11) is -8.59. The van der Waals surface area contributed by atoms with Gasteiger partial charge in [-0.25, -0.2) is 0 Å². The summed E-state index contributed by atoms with van der Waals surface area (Å²) in [6.07, 6.45) is -8.09. The summed E-state index contributed by atoms with van der Waals surface area (Å²) in [5.74, 6) is -73.0. The summed E-state index contributed by atoms with van der Waals surface area (Å²) >= 11 is 0. The molecule has 0 atom stereocenters. The van der Waals surface area contributed by atoms with E-state index in [1.165, 1.54) is 0 Å². The van der Waals surface area contributed by atoms with Gasteiger partial charge in [0.15, 0.2) is 0 Å². The molecule has 0 aromatic carbocycles. The Morgan fingerprint density at radius 1 is 0.314 bits per heavy atom. The van der Waals surface area contributed by atoms with E-state index in [2.05, 4.69) is 0 Å². The van der Waals surface area contributed by atoms with Crippen LogP contribution in [0.25, 0.3) is 0 Å². The van der Waals surface area contributed by atoms with Gasteiger partial charge in [-0.05, 0) is 0 Å². The van der Waals surface area contributed by atoms with Crippen molar-refractivity contribution < 1.29 is 105 Å². The molecular formula is C10F22O2S. The van der Waals surface area contributed by atoms with Gasteiger partial charge >= 0.3 is 69.0 Å². The highest BCUT2D eigenvalue weighted by Crippen LogP contribution is 2.66. The van der Waals surface area contributed by atoms with Crippen molar-refractivity contribution >= 4 is 10.2 Å². The molecule has 0 bridgehead atoms. The molecule has 212 valence electrons. The van der Waals surface area contributed by atoms with Gasteiger partial charge in [-0.15, -0.1) is 0 Å². The summed E-state index contributed by atoms with van der Waals surface area (Å²) in [6.45, 7) is 0. The van der Waals surface area contributed by atoms with Gasteiger partial charge in [0.25, 0.3) is 0 Å². The summed E-state index contributed by atoms with van der Waals surface area (Å²) in [6, 6.07) is 0. The fourth-order valence-corrected chi connectivity index (χ4v) is 2.13. The van der Waals surface area contributed by atoms with Crippen LogP contribution in [0.2, 0.25) is 0 Å². The zero-order chi connectivity index (χ0) is 29.5. The third kappa shape index (κ3) is 3.83. The third-order valence-electron chi connectivity index (χ3n) is 3.79. The van der Waals surface area contributed by atoms with Crippen molar-refractivity contribution in [3.8, 4) is 0 Å². The minimum atomic E-state index is -9.42. The molecule has 0 aliphatic heterocycles. The van der Waals surface area contributed by atoms with E-state index in [1.807, 2.05) is 0 Å². The maximum absolute atomic E-state index is 13.3. The molecule has 25 heteroatoms. The van der Waals surface area contributed by atoms with Crippen molar-refractivity contribution in [2.24, 2.45) is 0 Å². The summed E-state index contributed by atoms with van der Waals surface area (Å²) in [5, 5.41) is -8.28. The highest BCUT2D eigenvalue weighted by molar-refractivity contribution is 7.87. The van der Waals surface area contributed by atoms with Crippen LogP contribution in [0.5, 0.6) is 0 Å². The molecule has 0 amide bonds. The molecule has 0 fully saturated rings. The monoisotopic (exact) mass is 602 g/mol. The lowest BCUT2D eigenvalue weighted by molar-refractivity contribution is -0.472. The van der Waals surface area contributed by atoms with Gasteiger partial charge in [0.1, 0.15) is 0 Å². The van der Waals surface area contributed by atoms with E-state index in [1.54, 1.807) is 0 Å². The molecule has 0 saturated heterocycles. The van der Waals surface area contributed by atoms with Gasteiger partial charge in [0, 0.05) is 0 Å². The highest BCUT2D eigenvalue weighted by Gasteiger charge is 2.98. The number of alkyl halides is 21. The lowest BCUT2D eigenvalue weighted by atomic mass is 9.87.